The quantitative estimate of drug-likeness (QED) is 0.764. The van der Waals surface area contributed by atoms with Gasteiger partial charge < -0.3 is 0 Å². The van der Waals surface area contributed by atoms with Crippen LogP contribution < -0.4 is 0 Å². The van der Waals surface area contributed by atoms with Gasteiger partial charge in [-0.2, -0.15) is 4.37 Å². The molecule has 0 radical (unpaired) electrons. The summed E-state index contributed by atoms with van der Waals surface area (Å²) in [6, 6.07) is 0. The third-order valence-electron chi connectivity index (χ3n) is 1.76. The third-order valence-corrected chi connectivity index (χ3v) is 5.68. The van der Waals surface area contributed by atoms with E-state index in [4.69, 9.17) is 11.6 Å². The van der Waals surface area contributed by atoms with Gasteiger partial charge in [0.1, 0.15) is 5.82 Å². The molecule has 0 bridgehead atoms. The Morgan fingerprint density at radius 3 is 2.64 bits per heavy atom. The van der Waals surface area contributed by atoms with Crippen molar-refractivity contribution in [1.82, 2.24) is 9.36 Å². The number of nitrogens with zero attached hydrogens (tertiary/aromatic N) is 2. The zero-order valence-corrected chi connectivity index (χ0v) is 10.3. The first-order valence-electron chi connectivity index (χ1n) is 4.14. The smallest absolute Gasteiger partial charge is 0.221 e. The predicted octanol–water partition coefficient (Wildman–Crippen LogP) is 1.50. The van der Waals surface area contributed by atoms with Crippen LogP contribution in [0.15, 0.2) is 4.34 Å². The molecule has 0 amide bonds. The van der Waals surface area contributed by atoms with E-state index in [9.17, 15) is 8.42 Å². The number of halogens is 1. The van der Waals surface area contributed by atoms with E-state index in [1.54, 1.807) is 6.92 Å². The molecular formula is C7H11ClN2O2S2. The van der Waals surface area contributed by atoms with Crippen molar-refractivity contribution in [2.75, 3.05) is 5.88 Å². The molecule has 0 spiro atoms. The maximum absolute atomic E-state index is 11.7. The molecule has 1 aromatic heterocycles. The first-order chi connectivity index (χ1) is 6.52. The number of hydrogen-bond acceptors (Lipinski definition) is 5. The summed E-state index contributed by atoms with van der Waals surface area (Å²) < 4.78 is 27.4. The maximum atomic E-state index is 11.7. The zero-order chi connectivity index (χ0) is 10.8. The van der Waals surface area contributed by atoms with Gasteiger partial charge in [0.2, 0.25) is 14.2 Å². The Labute approximate surface area is 92.4 Å². The van der Waals surface area contributed by atoms with Gasteiger partial charge in [0.15, 0.2) is 0 Å². The number of sulfone groups is 1. The number of aromatic nitrogens is 2. The van der Waals surface area contributed by atoms with Crippen LogP contribution in [-0.4, -0.2) is 28.9 Å². The molecule has 14 heavy (non-hydrogen) atoms. The van der Waals surface area contributed by atoms with Gasteiger partial charge in [0, 0.05) is 12.3 Å². The van der Waals surface area contributed by atoms with Crippen molar-refractivity contribution in [3.05, 3.63) is 5.82 Å². The van der Waals surface area contributed by atoms with E-state index in [0.29, 0.717) is 12.2 Å². The first-order valence-corrected chi connectivity index (χ1v) is 7.00. The number of rotatable bonds is 4. The second kappa shape index (κ2) is 4.55. The number of alkyl halides is 1. The molecular weight excluding hydrogens is 244 g/mol. The molecule has 0 aromatic carbocycles. The van der Waals surface area contributed by atoms with Gasteiger partial charge in [0.25, 0.3) is 0 Å². The van der Waals surface area contributed by atoms with E-state index >= 15 is 0 Å². The molecule has 0 saturated heterocycles. The van der Waals surface area contributed by atoms with E-state index < -0.39 is 15.1 Å². The highest BCUT2D eigenvalue weighted by molar-refractivity contribution is 7.93. The summed E-state index contributed by atoms with van der Waals surface area (Å²) in [5, 5.41) is -0.609. The molecule has 0 aliphatic rings. The van der Waals surface area contributed by atoms with Gasteiger partial charge in [0.05, 0.1) is 5.25 Å². The second-order valence-corrected chi connectivity index (χ2v) is 6.44. The molecule has 1 rings (SSSR count). The van der Waals surface area contributed by atoms with Gasteiger partial charge in [-0.05, 0) is 18.5 Å². The Balaban J connectivity index is 3.04. The molecule has 7 heteroatoms. The summed E-state index contributed by atoms with van der Waals surface area (Å²) in [6.07, 6.45) is 0.640. The van der Waals surface area contributed by atoms with Gasteiger partial charge in [-0.15, -0.1) is 11.6 Å². The Kier molecular flexibility index (Phi) is 3.86. The van der Waals surface area contributed by atoms with E-state index in [2.05, 4.69) is 9.36 Å². The fourth-order valence-corrected chi connectivity index (χ4v) is 3.51. The van der Waals surface area contributed by atoms with Gasteiger partial charge in [-0.3, -0.25) is 0 Å². The van der Waals surface area contributed by atoms with Crippen LogP contribution in [-0.2, 0) is 16.3 Å². The fourth-order valence-electron chi connectivity index (χ4n) is 0.752. The van der Waals surface area contributed by atoms with Crippen molar-refractivity contribution in [3.63, 3.8) is 0 Å². The van der Waals surface area contributed by atoms with Crippen LogP contribution in [0.25, 0.3) is 0 Å². The van der Waals surface area contributed by atoms with Crippen LogP contribution in [0.5, 0.6) is 0 Å². The van der Waals surface area contributed by atoms with Crippen molar-refractivity contribution in [2.24, 2.45) is 0 Å². The largest absolute Gasteiger partial charge is 0.229 e. The van der Waals surface area contributed by atoms with E-state index in [1.165, 1.54) is 0 Å². The summed E-state index contributed by atoms with van der Waals surface area (Å²) in [6.45, 7) is 3.44. The van der Waals surface area contributed by atoms with Crippen molar-refractivity contribution >= 4 is 33.0 Å². The highest BCUT2D eigenvalue weighted by Crippen LogP contribution is 2.18. The Morgan fingerprint density at radius 1 is 1.57 bits per heavy atom. The van der Waals surface area contributed by atoms with Crippen molar-refractivity contribution in [2.45, 2.75) is 29.9 Å². The minimum atomic E-state index is -3.37. The van der Waals surface area contributed by atoms with Crippen LogP contribution >= 0.6 is 23.1 Å². The van der Waals surface area contributed by atoms with E-state index in [1.807, 2.05) is 6.92 Å². The van der Waals surface area contributed by atoms with Crippen LogP contribution in [0.3, 0.4) is 0 Å². The molecule has 1 atom stereocenters. The fraction of sp³-hybridized carbons (Fsp3) is 0.714. The predicted molar refractivity (Wildman–Crippen MR) is 56.7 cm³/mol. The van der Waals surface area contributed by atoms with Crippen LogP contribution in [0, 0.1) is 0 Å². The molecule has 80 valence electrons. The molecule has 0 aliphatic carbocycles. The molecule has 1 unspecified atom stereocenters. The lowest BCUT2D eigenvalue weighted by molar-refractivity contribution is 0.586. The minimum Gasteiger partial charge on any atom is -0.221 e. The molecule has 1 aromatic rings. The van der Waals surface area contributed by atoms with Crippen molar-refractivity contribution < 1.29 is 8.42 Å². The van der Waals surface area contributed by atoms with Crippen LogP contribution in [0.4, 0.5) is 0 Å². The summed E-state index contributed by atoms with van der Waals surface area (Å²) in [7, 11) is -3.37. The number of aryl methyl sites for hydroxylation is 1. The Morgan fingerprint density at radius 2 is 2.21 bits per heavy atom. The lowest BCUT2D eigenvalue weighted by Gasteiger charge is -2.04. The van der Waals surface area contributed by atoms with Crippen LogP contribution in [0.2, 0.25) is 0 Å². The molecule has 0 fully saturated rings. The van der Waals surface area contributed by atoms with Crippen LogP contribution in [0.1, 0.15) is 19.7 Å². The highest BCUT2D eigenvalue weighted by Gasteiger charge is 2.26. The topological polar surface area (TPSA) is 59.9 Å². The normalized spacial score (nSPS) is 14.2. The number of hydrogen-bond donors (Lipinski definition) is 0. The van der Waals surface area contributed by atoms with E-state index in [0.717, 1.165) is 11.5 Å². The minimum absolute atomic E-state index is 0.0718. The molecule has 0 N–H and O–H groups in total. The molecule has 4 nitrogen and oxygen atoms in total. The highest BCUT2D eigenvalue weighted by atomic mass is 35.5. The third kappa shape index (κ3) is 2.24. The lowest BCUT2D eigenvalue weighted by atomic mass is 10.5. The standard InChI is InChI=1S/C7H11ClN2O2S2/c1-3-6-9-7(13-10-6)14(11,12)5(2)4-8/h5H,3-4H2,1-2H3. The Hall–Kier alpha value is -0.200. The van der Waals surface area contributed by atoms with Crippen molar-refractivity contribution in [3.8, 4) is 0 Å². The van der Waals surface area contributed by atoms with E-state index in [-0.39, 0.29) is 10.2 Å². The second-order valence-electron chi connectivity index (χ2n) is 2.84. The maximum Gasteiger partial charge on any atom is 0.229 e. The Bertz CT molecular complexity index is 402. The summed E-state index contributed by atoms with van der Waals surface area (Å²) >= 11 is 6.42. The summed E-state index contributed by atoms with van der Waals surface area (Å²) in [5.41, 5.74) is 0. The van der Waals surface area contributed by atoms with Crippen molar-refractivity contribution in [1.29, 1.82) is 0 Å². The molecule has 0 aliphatic heterocycles. The first kappa shape index (κ1) is 11.9. The molecule has 0 saturated carbocycles. The van der Waals surface area contributed by atoms with Gasteiger partial charge in [-0.25, -0.2) is 13.4 Å². The van der Waals surface area contributed by atoms with Gasteiger partial charge >= 0.3 is 0 Å². The summed E-state index contributed by atoms with van der Waals surface area (Å²) in [4.78, 5) is 3.93. The van der Waals surface area contributed by atoms with Gasteiger partial charge in [-0.1, -0.05) is 6.92 Å². The SMILES string of the molecule is CCc1nsc(S(=O)(=O)C(C)CCl)n1. The average molecular weight is 255 g/mol. The monoisotopic (exact) mass is 254 g/mol. The lowest BCUT2D eigenvalue weighted by Crippen LogP contribution is -2.19. The zero-order valence-electron chi connectivity index (χ0n) is 7.90. The summed E-state index contributed by atoms with van der Waals surface area (Å²) in [5.74, 6) is 0.638. The average Bonchev–Trinajstić information content (AvgIpc) is 2.65. The molecule has 1 heterocycles.